The molecule has 1 aromatic heterocycles. The molecule has 0 radical (unpaired) electrons. The zero-order valence-electron chi connectivity index (χ0n) is 9.96. The fourth-order valence-corrected chi connectivity index (χ4v) is 2.19. The summed E-state index contributed by atoms with van der Waals surface area (Å²) in [5, 5.41) is 0. The van der Waals surface area contributed by atoms with Gasteiger partial charge in [0.1, 0.15) is 0 Å². The minimum Gasteiger partial charge on any atom is -0.264 e. The van der Waals surface area contributed by atoms with E-state index in [9.17, 15) is 0 Å². The fourth-order valence-electron chi connectivity index (χ4n) is 2.19. The van der Waals surface area contributed by atoms with Crippen LogP contribution in [0.1, 0.15) is 46.6 Å². The van der Waals surface area contributed by atoms with Gasteiger partial charge >= 0.3 is 0 Å². The highest BCUT2D eigenvalue weighted by molar-refractivity contribution is 5.19. The second-order valence-corrected chi connectivity index (χ2v) is 5.86. The molecule has 0 fully saturated rings. The van der Waals surface area contributed by atoms with Gasteiger partial charge in [-0.05, 0) is 28.9 Å². The van der Waals surface area contributed by atoms with Crippen molar-refractivity contribution in [2.24, 2.45) is 5.41 Å². The van der Waals surface area contributed by atoms with E-state index in [2.05, 4.69) is 45.7 Å². The predicted molar refractivity (Wildman–Crippen MR) is 61.3 cm³/mol. The van der Waals surface area contributed by atoms with E-state index in [1.807, 2.05) is 18.5 Å². The molecule has 0 aromatic carbocycles. The quantitative estimate of drug-likeness (QED) is 0.693. The van der Waals surface area contributed by atoms with E-state index in [1.165, 1.54) is 12.0 Å². The van der Waals surface area contributed by atoms with Gasteiger partial charge in [0.05, 0.1) is 0 Å². The summed E-state index contributed by atoms with van der Waals surface area (Å²) in [6, 6.07) is 4.18. The van der Waals surface area contributed by atoms with Crippen molar-refractivity contribution in [3.8, 4) is 0 Å². The second kappa shape index (κ2) is 3.72. The lowest BCUT2D eigenvalue weighted by Crippen LogP contribution is -2.24. The Labute approximate surface area is 87.6 Å². The van der Waals surface area contributed by atoms with E-state index in [1.54, 1.807) is 0 Å². The highest BCUT2D eigenvalue weighted by Gasteiger charge is 2.26. The molecule has 78 valence electrons. The molecule has 1 nitrogen and oxygen atoms in total. The van der Waals surface area contributed by atoms with E-state index in [-0.39, 0.29) is 5.41 Å². The predicted octanol–water partition coefficient (Wildman–Crippen LogP) is 3.80. The summed E-state index contributed by atoms with van der Waals surface area (Å²) in [5.41, 5.74) is 1.90. The van der Waals surface area contributed by atoms with Crippen LogP contribution in [0.15, 0.2) is 24.5 Å². The Morgan fingerprint density at radius 3 is 2.21 bits per heavy atom. The fraction of sp³-hybridized carbons (Fsp3) is 0.615. The second-order valence-electron chi connectivity index (χ2n) is 5.86. The van der Waals surface area contributed by atoms with Crippen LogP contribution < -0.4 is 0 Å². The first-order valence-corrected chi connectivity index (χ1v) is 5.22. The maximum absolute atomic E-state index is 4.18. The first-order chi connectivity index (χ1) is 6.31. The van der Waals surface area contributed by atoms with Gasteiger partial charge in [-0.2, -0.15) is 0 Å². The molecule has 0 N–H and O–H groups in total. The summed E-state index contributed by atoms with van der Waals surface area (Å²) in [7, 11) is 0. The average Bonchev–Trinajstić information content (AvgIpc) is 2.01. The first-order valence-electron chi connectivity index (χ1n) is 5.22. The Morgan fingerprint density at radius 2 is 1.79 bits per heavy atom. The van der Waals surface area contributed by atoms with E-state index >= 15 is 0 Å². The van der Waals surface area contributed by atoms with Crippen molar-refractivity contribution in [2.45, 2.75) is 46.5 Å². The van der Waals surface area contributed by atoms with Crippen molar-refractivity contribution in [3.05, 3.63) is 30.1 Å². The number of hydrogen-bond donors (Lipinski definition) is 0. The zero-order chi connectivity index (χ0) is 10.8. The van der Waals surface area contributed by atoms with Crippen molar-refractivity contribution in [3.63, 3.8) is 0 Å². The Morgan fingerprint density at radius 1 is 1.14 bits per heavy atom. The van der Waals surface area contributed by atoms with Gasteiger partial charge in [-0.3, -0.25) is 4.98 Å². The van der Waals surface area contributed by atoms with E-state index in [4.69, 9.17) is 0 Å². The lowest BCUT2D eigenvalue weighted by Gasteiger charge is -2.32. The Balaban J connectivity index is 2.86. The van der Waals surface area contributed by atoms with E-state index in [0.717, 1.165) is 0 Å². The Hall–Kier alpha value is -0.850. The maximum Gasteiger partial charge on any atom is 0.0305 e. The van der Waals surface area contributed by atoms with Gasteiger partial charge in [0.2, 0.25) is 0 Å². The highest BCUT2D eigenvalue weighted by atomic mass is 14.6. The van der Waals surface area contributed by atoms with Gasteiger partial charge in [0, 0.05) is 12.4 Å². The molecule has 14 heavy (non-hydrogen) atoms. The summed E-state index contributed by atoms with van der Waals surface area (Å²) in [6.07, 6.45) is 4.98. The molecule has 0 amide bonds. The lowest BCUT2D eigenvalue weighted by molar-refractivity contribution is 0.283. The molecule has 0 spiro atoms. The molecule has 1 rings (SSSR count). The standard InChI is InChI=1S/C13H21N/c1-12(2,3)10-13(4,5)11-7-6-8-14-9-11/h6-9H,10H2,1-5H3. The number of aromatic nitrogens is 1. The van der Waals surface area contributed by atoms with Crippen LogP contribution in [0.3, 0.4) is 0 Å². The van der Waals surface area contributed by atoms with Crippen LogP contribution in [0.2, 0.25) is 0 Å². The van der Waals surface area contributed by atoms with Crippen LogP contribution in [0, 0.1) is 5.41 Å². The Bertz CT molecular complexity index is 280. The van der Waals surface area contributed by atoms with Gasteiger partial charge in [-0.1, -0.05) is 40.7 Å². The molecule has 0 saturated heterocycles. The van der Waals surface area contributed by atoms with Crippen molar-refractivity contribution in [1.82, 2.24) is 4.98 Å². The number of pyridine rings is 1. The van der Waals surface area contributed by atoms with Gasteiger partial charge in [-0.25, -0.2) is 0 Å². The van der Waals surface area contributed by atoms with Gasteiger partial charge in [-0.15, -0.1) is 0 Å². The normalized spacial score (nSPS) is 12.9. The topological polar surface area (TPSA) is 12.9 Å². The van der Waals surface area contributed by atoms with Crippen LogP contribution in [-0.4, -0.2) is 4.98 Å². The van der Waals surface area contributed by atoms with Gasteiger partial charge < -0.3 is 0 Å². The van der Waals surface area contributed by atoms with Crippen LogP contribution in [0.5, 0.6) is 0 Å². The summed E-state index contributed by atoms with van der Waals surface area (Å²) in [4.78, 5) is 4.18. The average molecular weight is 191 g/mol. The van der Waals surface area contributed by atoms with Crippen molar-refractivity contribution in [1.29, 1.82) is 0 Å². The molecule has 0 aliphatic rings. The highest BCUT2D eigenvalue weighted by Crippen LogP contribution is 2.35. The molecule has 0 bridgehead atoms. The zero-order valence-corrected chi connectivity index (χ0v) is 9.96. The third-order valence-electron chi connectivity index (χ3n) is 2.42. The molecule has 0 saturated carbocycles. The summed E-state index contributed by atoms with van der Waals surface area (Å²) >= 11 is 0. The Kier molecular flexibility index (Phi) is 2.98. The minimum atomic E-state index is 0.215. The first kappa shape index (κ1) is 11.2. The van der Waals surface area contributed by atoms with Crippen molar-refractivity contribution < 1.29 is 0 Å². The molecular formula is C13H21N. The van der Waals surface area contributed by atoms with Crippen LogP contribution in [0.4, 0.5) is 0 Å². The van der Waals surface area contributed by atoms with E-state index < -0.39 is 0 Å². The molecule has 0 aliphatic carbocycles. The van der Waals surface area contributed by atoms with Gasteiger partial charge in [0.25, 0.3) is 0 Å². The third kappa shape index (κ3) is 3.13. The van der Waals surface area contributed by atoms with E-state index in [0.29, 0.717) is 5.41 Å². The lowest BCUT2D eigenvalue weighted by atomic mass is 9.73. The SMILES string of the molecule is CC(C)(C)CC(C)(C)c1cccnc1. The third-order valence-corrected chi connectivity index (χ3v) is 2.42. The van der Waals surface area contributed by atoms with Crippen LogP contribution >= 0.6 is 0 Å². The van der Waals surface area contributed by atoms with Crippen molar-refractivity contribution >= 4 is 0 Å². The molecule has 0 aliphatic heterocycles. The monoisotopic (exact) mass is 191 g/mol. The van der Waals surface area contributed by atoms with Crippen LogP contribution in [0.25, 0.3) is 0 Å². The molecule has 0 atom stereocenters. The largest absolute Gasteiger partial charge is 0.264 e. The number of rotatable bonds is 2. The number of nitrogens with zero attached hydrogens (tertiary/aromatic N) is 1. The smallest absolute Gasteiger partial charge is 0.0305 e. The summed E-state index contributed by atoms with van der Waals surface area (Å²) in [6.45, 7) is 11.4. The molecule has 1 heterocycles. The maximum atomic E-state index is 4.18. The summed E-state index contributed by atoms with van der Waals surface area (Å²) in [5.74, 6) is 0. The summed E-state index contributed by atoms with van der Waals surface area (Å²) < 4.78 is 0. The molecule has 0 unspecified atom stereocenters. The minimum absolute atomic E-state index is 0.215. The van der Waals surface area contributed by atoms with Gasteiger partial charge in [0.15, 0.2) is 0 Å². The van der Waals surface area contributed by atoms with Crippen LogP contribution in [-0.2, 0) is 5.41 Å². The molecule has 1 heteroatoms. The number of hydrogen-bond acceptors (Lipinski definition) is 1. The molecular weight excluding hydrogens is 170 g/mol. The molecule has 1 aromatic rings. The van der Waals surface area contributed by atoms with Crippen molar-refractivity contribution in [2.75, 3.05) is 0 Å².